The number of aryl methyl sites for hydroxylation is 1. The van der Waals surface area contributed by atoms with Crippen molar-refractivity contribution in [1.29, 1.82) is 0 Å². The fourth-order valence-corrected chi connectivity index (χ4v) is 2.55. The van der Waals surface area contributed by atoms with Crippen LogP contribution >= 0.6 is 0 Å². The first-order valence-corrected chi connectivity index (χ1v) is 8.51. The Morgan fingerprint density at radius 2 is 1.41 bits per heavy atom. The van der Waals surface area contributed by atoms with Crippen LogP contribution in [-0.2, 0) is 4.79 Å². The summed E-state index contributed by atoms with van der Waals surface area (Å²) in [6.07, 6.45) is 0. The summed E-state index contributed by atoms with van der Waals surface area (Å²) >= 11 is 0. The normalized spacial score (nSPS) is 10.3. The minimum absolute atomic E-state index is 0.110. The van der Waals surface area contributed by atoms with E-state index in [-0.39, 0.29) is 12.5 Å². The Morgan fingerprint density at radius 1 is 0.852 bits per heavy atom. The van der Waals surface area contributed by atoms with Crippen LogP contribution in [0.3, 0.4) is 0 Å². The Hall–Kier alpha value is -3.60. The van der Waals surface area contributed by atoms with Crippen molar-refractivity contribution in [3.63, 3.8) is 0 Å². The molecule has 0 radical (unpaired) electrons. The van der Waals surface area contributed by atoms with Crippen LogP contribution in [0.2, 0.25) is 0 Å². The lowest BCUT2D eigenvalue weighted by Crippen LogP contribution is -2.20. The lowest BCUT2D eigenvalue weighted by molar-refractivity contribution is -0.118. The molecule has 136 valence electrons. The second-order valence-electron chi connectivity index (χ2n) is 6.17. The van der Waals surface area contributed by atoms with Gasteiger partial charge >= 0.3 is 0 Å². The first kappa shape index (κ1) is 18.2. The van der Waals surface area contributed by atoms with E-state index < -0.39 is 5.91 Å². The molecule has 0 fully saturated rings. The van der Waals surface area contributed by atoms with Crippen molar-refractivity contribution >= 4 is 17.5 Å². The molecular formula is C22H20N2O3. The Bertz CT molecular complexity index is 931. The average molecular weight is 360 g/mol. The number of benzene rings is 3. The molecule has 3 aromatic rings. The number of amides is 2. The largest absolute Gasteiger partial charge is 0.484 e. The zero-order valence-electron chi connectivity index (χ0n) is 14.9. The van der Waals surface area contributed by atoms with E-state index >= 15 is 0 Å². The summed E-state index contributed by atoms with van der Waals surface area (Å²) in [6.45, 7) is 1.94. The van der Waals surface area contributed by atoms with Gasteiger partial charge in [-0.15, -0.1) is 0 Å². The lowest BCUT2D eigenvalue weighted by Gasteiger charge is -2.09. The molecule has 0 atom stereocenters. The summed E-state index contributed by atoms with van der Waals surface area (Å²) in [5.74, 6) is -0.181. The molecule has 2 amide bonds. The summed E-state index contributed by atoms with van der Waals surface area (Å²) in [5.41, 5.74) is 9.57. The van der Waals surface area contributed by atoms with Gasteiger partial charge in [0.2, 0.25) is 5.91 Å². The number of rotatable bonds is 6. The highest BCUT2D eigenvalue weighted by atomic mass is 16.5. The molecule has 3 aromatic carbocycles. The summed E-state index contributed by atoms with van der Waals surface area (Å²) in [4.78, 5) is 23.0. The minimum atomic E-state index is -0.509. The molecule has 0 heterocycles. The Balaban J connectivity index is 1.54. The third-order valence-electron chi connectivity index (χ3n) is 4.06. The van der Waals surface area contributed by atoms with Crippen LogP contribution in [0.1, 0.15) is 15.9 Å². The number of nitrogens with two attached hydrogens (primary N) is 1. The number of carbonyl (C=O) groups excluding carboxylic acids is 2. The molecule has 3 N–H and O–H groups in total. The van der Waals surface area contributed by atoms with Gasteiger partial charge in [0.1, 0.15) is 5.75 Å². The Labute approximate surface area is 157 Å². The highest BCUT2D eigenvalue weighted by Gasteiger charge is 2.06. The van der Waals surface area contributed by atoms with Crippen LogP contribution < -0.4 is 15.8 Å². The second-order valence-corrected chi connectivity index (χ2v) is 6.17. The number of hydrogen-bond acceptors (Lipinski definition) is 3. The second kappa shape index (κ2) is 8.19. The molecular weight excluding hydrogens is 340 g/mol. The maximum atomic E-state index is 12.0. The van der Waals surface area contributed by atoms with E-state index in [2.05, 4.69) is 36.5 Å². The van der Waals surface area contributed by atoms with Gasteiger partial charge in [0.15, 0.2) is 6.61 Å². The van der Waals surface area contributed by atoms with E-state index in [9.17, 15) is 9.59 Å². The van der Waals surface area contributed by atoms with E-state index in [4.69, 9.17) is 10.5 Å². The standard InChI is InChI=1S/C22H20N2O3/c1-15-2-4-16(5-3-15)17-8-12-20(13-9-17)27-14-21(25)24-19-10-6-18(7-11-19)22(23)26/h2-13H,14H2,1H3,(H2,23,26)(H,24,25). The summed E-state index contributed by atoms with van der Waals surface area (Å²) < 4.78 is 5.53. The minimum Gasteiger partial charge on any atom is -0.484 e. The SMILES string of the molecule is Cc1ccc(-c2ccc(OCC(=O)Nc3ccc(C(N)=O)cc3)cc2)cc1. The van der Waals surface area contributed by atoms with Gasteiger partial charge < -0.3 is 15.8 Å². The molecule has 3 rings (SSSR count). The van der Waals surface area contributed by atoms with Gasteiger partial charge in [-0.2, -0.15) is 0 Å². The van der Waals surface area contributed by atoms with Gasteiger partial charge in [-0.25, -0.2) is 0 Å². The van der Waals surface area contributed by atoms with E-state index in [1.165, 1.54) is 5.56 Å². The maximum absolute atomic E-state index is 12.0. The van der Waals surface area contributed by atoms with Crippen molar-refractivity contribution in [1.82, 2.24) is 0 Å². The van der Waals surface area contributed by atoms with Crippen molar-refractivity contribution < 1.29 is 14.3 Å². The lowest BCUT2D eigenvalue weighted by atomic mass is 10.0. The predicted molar refractivity (Wildman–Crippen MR) is 106 cm³/mol. The van der Waals surface area contributed by atoms with Crippen molar-refractivity contribution in [2.24, 2.45) is 5.73 Å². The van der Waals surface area contributed by atoms with Crippen LogP contribution in [0.15, 0.2) is 72.8 Å². The van der Waals surface area contributed by atoms with E-state index in [1.54, 1.807) is 24.3 Å². The predicted octanol–water partition coefficient (Wildman–Crippen LogP) is 3.78. The molecule has 0 bridgehead atoms. The highest BCUT2D eigenvalue weighted by molar-refractivity contribution is 5.95. The summed E-state index contributed by atoms with van der Waals surface area (Å²) in [6, 6.07) is 22.2. The highest BCUT2D eigenvalue weighted by Crippen LogP contribution is 2.22. The zero-order chi connectivity index (χ0) is 19.2. The number of nitrogens with one attached hydrogen (secondary N) is 1. The molecule has 0 aliphatic rings. The fourth-order valence-electron chi connectivity index (χ4n) is 2.55. The monoisotopic (exact) mass is 360 g/mol. The Morgan fingerprint density at radius 3 is 1.96 bits per heavy atom. The van der Waals surface area contributed by atoms with Gasteiger partial charge in [-0.3, -0.25) is 9.59 Å². The third-order valence-corrected chi connectivity index (χ3v) is 4.06. The number of anilines is 1. The molecule has 0 aliphatic carbocycles. The first-order chi connectivity index (χ1) is 13.0. The zero-order valence-corrected chi connectivity index (χ0v) is 14.9. The van der Waals surface area contributed by atoms with Gasteiger partial charge in [0, 0.05) is 11.3 Å². The van der Waals surface area contributed by atoms with Gasteiger partial charge in [0.05, 0.1) is 0 Å². The van der Waals surface area contributed by atoms with E-state index in [1.807, 2.05) is 24.3 Å². The number of ether oxygens (including phenoxy) is 1. The van der Waals surface area contributed by atoms with Crippen molar-refractivity contribution in [2.75, 3.05) is 11.9 Å². The molecule has 0 saturated carbocycles. The number of carbonyl (C=O) groups is 2. The smallest absolute Gasteiger partial charge is 0.262 e. The molecule has 5 nitrogen and oxygen atoms in total. The van der Waals surface area contributed by atoms with E-state index in [0.29, 0.717) is 17.0 Å². The molecule has 0 saturated heterocycles. The first-order valence-electron chi connectivity index (χ1n) is 8.51. The van der Waals surface area contributed by atoms with Crippen molar-refractivity contribution in [3.05, 3.63) is 83.9 Å². The average Bonchev–Trinajstić information content (AvgIpc) is 2.68. The quantitative estimate of drug-likeness (QED) is 0.702. The topological polar surface area (TPSA) is 81.4 Å². The van der Waals surface area contributed by atoms with E-state index in [0.717, 1.165) is 11.1 Å². The number of hydrogen-bond donors (Lipinski definition) is 2. The van der Waals surface area contributed by atoms with Crippen LogP contribution in [0.5, 0.6) is 5.75 Å². The molecule has 0 spiro atoms. The van der Waals surface area contributed by atoms with Crippen LogP contribution in [0.4, 0.5) is 5.69 Å². The summed E-state index contributed by atoms with van der Waals surface area (Å²) in [5, 5.41) is 2.70. The third kappa shape index (κ3) is 4.95. The van der Waals surface area contributed by atoms with Gasteiger partial charge in [0.25, 0.3) is 5.91 Å². The molecule has 0 aliphatic heterocycles. The van der Waals surface area contributed by atoms with Crippen LogP contribution in [0.25, 0.3) is 11.1 Å². The molecule has 5 heteroatoms. The summed E-state index contributed by atoms with van der Waals surface area (Å²) in [7, 11) is 0. The van der Waals surface area contributed by atoms with Crippen molar-refractivity contribution in [3.8, 4) is 16.9 Å². The van der Waals surface area contributed by atoms with Crippen LogP contribution in [0, 0.1) is 6.92 Å². The van der Waals surface area contributed by atoms with Crippen molar-refractivity contribution in [2.45, 2.75) is 6.92 Å². The molecule has 27 heavy (non-hydrogen) atoms. The molecule has 0 aromatic heterocycles. The molecule has 0 unspecified atom stereocenters. The fraction of sp³-hybridized carbons (Fsp3) is 0.0909. The van der Waals surface area contributed by atoms with Gasteiger partial charge in [-0.1, -0.05) is 42.0 Å². The van der Waals surface area contributed by atoms with Gasteiger partial charge in [-0.05, 0) is 54.4 Å². The number of primary amides is 1. The maximum Gasteiger partial charge on any atom is 0.262 e. The van der Waals surface area contributed by atoms with Crippen LogP contribution in [-0.4, -0.2) is 18.4 Å². The Kier molecular flexibility index (Phi) is 5.52.